The topological polar surface area (TPSA) is 23.8 Å². The van der Waals surface area contributed by atoms with Gasteiger partial charge in [0, 0.05) is 0 Å². The number of nitriles is 1. The third-order valence-corrected chi connectivity index (χ3v) is 2.82. The predicted octanol–water partition coefficient (Wildman–Crippen LogP) is 4.04. The van der Waals surface area contributed by atoms with Crippen molar-refractivity contribution in [3.05, 3.63) is 59.2 Å². The predicted molar refractivity (Wildman–Crippen MR) is 70.7 cm³/mol. The molecule has 0 aliphatic heterocycles. The summed E-state index contributed by atoms with van der Waals surface area (Å²) in [7, 11) is 0. The highest BCUT2D eigenvalue weighted by Crippen LogP contribution is 2.26. The Kier molecular flexibility index (Phi) is 3.25. The molecule has 0 unspecified atom stereocenters. The highest BCUT2D eigenvalue weighted by atomic mass is 14.2. The number of aryl methyl sites for hydroxylation is 2. The maximum absolute atomic E-state index is 8.85. The van der Waals surface area contributed by atoms with Crippen LogP contribution < -0.4 is 0 Å². The van der Waals surface area contributed by atoms with E-state index in [2.05, 4.69) is 44.2 Å². The lowest BCUT2D eigenvalue weighted by Crippen LogP contribution is -1.89. The van der Waals surface area contributed by atoms with Crippen LogP contribution in [0.1, 0.15) is 16.7 Å². The largest absolute Gasteiger partial charge is 0.198 e. The molecule has 0 fully saturated rings. The van der Waals surface area contributed by atoms with E-state index in [4.69, 9.17) is 5.26 Å². The molecule has 0 saturated carbocycles. The van der Waals surface area contributed by atoms with Gasteiger partial charge in [0.25, 0.3) is 0 Å². The minimum Gasteiger partial charge on any atom is -0.198 e. The minimum absolute atomic E-state index is 0.461. The Hall–Kier alpha value is -2.07. The Bertz CT molecular complexity index is 556. The molecule has 0 aliphatic carbocycles. The molecule has 0 spiro atoms. The van der Waals surface area contributed by atoms with Crippen molar-refractivity contribution in [2.45, 2.75) is 20.3 Å². The van der Waals surface area contributed by atoms with E-state index in [9.17, 15) is 0 Å². The second-order valence-corrected chi connectivity index (χ2v) is 4.37. The average Bonchev–Trinajstić information content (AvgIpc) is 2.29. The van der Waals surface area contributed by atoms with Gasteiger partial charge in [0.05, 0.1) is 12.5 Å². The standard InChI is InChI=1S/C16H15N/c1-12-9-13(2)11-15(10-12)16-6-4-3-5-14(16)7-8-17/h3-6,9-11H,7H2,1-2H3. The third-order valence-electron chi connectivity index (χ3n) is 2.82. The molecule has 0 heterocycles. The lowest BCUT2D eigenvalue weighted by Gasteiger charge is -2.09. The number of hydrogen-bond donors (Lipinski definition) is 0. The smallest absolute Gasteiger partial charge is 0.0669 e. The first kappa shape index (κ1) is 11.4. The zero-order valence-electron chi connectivity index (χ0n) is 10.2. The van der Waals surface area contributed by atoms with Crippen molar-refractivity contribution in [3.63, 3.8) is 0 Å². The fraction of sp³-hybridized carbons (Fsp3) is 0.188. The molecule has 0 aliphatic rings. The molecule has 84 valence electrons. The molecule has 2 aromatic rings. The van der Waals surface area contributed by atoms with Crippen LogP contribution >= 0.6 is 0 Å². The van der Waals surface area contributed by atoms with E-state index in [0.717, 1.165) is 5.56 Å². The summed E-state index contributed by atoms with van der Waals surface area (Å²) in [5, 5.41) is 8.85. The highest BCUT2D eigenvalue weighted by molar-refractivity contribution is 5.69. The molecule has 2 aromatic carbocycles. The molecule has 0 bridgehead atoms. The average molecular weight is 221 g/mol. The van der Waals surface area contributed by atoms with E-state index >= 15 is 0 Å². The summed E-state index contributed by atoms with van der Waals surface area (Å²) in [5.74, 6) is 0. The molecule has 1 heteroatoms. The van der Waals surface area contributed by atoms with Crippen LogP contribution in [0.2, 0.25) is 0 Å². The van der Waals surface area contributed by atoms with E-state index < -0.39 is 0 Å². The van der Waals surface area contributed by atoms with Gasteiger partial charge in [-0.3, -0.25) is 0 Å². The molecule has 0 saturated heterocycles. The normalized spacial score (nSPS) is 9.94. The van der Waals surface area contributed by atoms with Gasteiger partial charge in [0.2, 0.25) is 0 Å². The molecule has 0 N–H and O–H groups in total. The van der Waals surface area contributed by atoms with Crippen molar-refractivity contribution in [2.75, 3.05) is 0 Å². The summed E-state index contributed by atoms with van der Waals surface area (Å²) in [6, 6.07) is 16.8. The zero-order valence-corrected chi connectivity index (χ0v) is 10.2. The van der Waals surface area contributed by atoms with Crippen molar-refractivity contribution in [2.24, 2.45) is 0 Å². The first-order chi connectivity index (χ1) is 8.20. The molecule has 0 atom stereocenters. The summed E-state index contributed by atoms with van der Waals surface area (Å²) >= 11 is 0. The summed E-state index contributed by atoms with van der Waals surface area (Å²) in [4.78, 5) is 0. The van der Waals surface area contributed by atoms with Crippen LogP contribution in [0.15, 0.2) is 42.5 Å². The fourth-order valence-corrected chi connectivity index (χ4v) is 2.17. The highest BCUT2D eigenvalue weighted by Gasteiger charge is 2.05. The Labute approximate surface area is 102 Å². The molecule has 0 radical (unpaired) electrons. The van der Waals surface area contributed by atoms with Crippen LogP contribution in [0.25, 0.3) is 11.1 Å². The van der Waals surface area contributed by atoms with Gasteiger partial charge >= 0.3 is 0 Å². The Morgan fingerprint density at radius 3 is 2.29 bits per heavy atom. The van der Waals surface area contributed by atoms with Crippen molar-refractivity contribution < 1.29 is 0 Å². The Morgan fingerprint density at radius 1 is 1.00 bits per heavy atom. The first-order valence-electron chi connectivity index (χ1n) is 5.74. The van der Waals surface area contributed by atoms with E-state index in [1.165, 1.54) is 22.3 Å². The Balaban J connectivity index is 2.56. The second kappa shape index (κ2) is 4.84. The summed E-state index contributed by atoms with van der Waals surface area (Å²) in [6.07, 6.45) is 0.461. The molecule has 2 rings (SSSR count). The summed E-state index contributed by atoms with van der Waals surface area (Å²) < 4.78 is 0. The second-order valence-electron chi connectivity index (χ2n) is 4.37. The van der Waals surface area contributed by atoms with Crippen LogP contribution in [-0.2, 0) is 6.42 Å². The first-order valence-corrected chi connectivity index (χ1v) is 5.74. The van der Waals surface area contributed by atoms with Gasteiger partial charge < -0.3 is 0 Å². The maximum atomic E-state index is 8.85. The van der Waals surface area contributed by atoms with Gasteiger partial charge in [-0.25, -0.2) is 0 Å². The quantitative estimate of drug-likeness (QED) is 0.751. The Morgan fingerprint density at radius 2 is 1.65 bits per heavy atom. The number of hydrogen-bond acceptors (Lipinski definition) is 1. The van der Waals surface area contributed by atoms with Gasteiger partial charge in [-0.05, 0) is 30.5 Å². The van der Waals surface area contributed by atoms with Gasteiger partial charge in [0.15, 0.2) is 0 Å². The van der Waals surface area contributed by atoms with Crippen molar-refractivity contribution >= 4 is 0 Å². The number of rotatable bonds is 2. The van der Waals surface area contributed by atoms with Crippen molar-refractivity contribution in [3.8, 4) is 17.2 Å². The van der Waals surface area contributed by atoms with Crippen LogP contribution in [-0.4, -0.2) is 0 Å². The molecule has 0 amide bonds. The van der Waals surface area contributed by atoms with Gasteiger partial charge in [0.1, 0.15) is 0 Å². The van der Waals surface area contributed by atoms with Crippen molar-refractivity contribution in [1.82, 2.24) is 0 Å². The van der Waals surface area contributed by atoms with Crippen LogP contribution in [0, 0.1) is 25.2 Å². The van der Waals surface area contributed by atoms with E-state index in [1.54, 1.807) is 0 Å². The van der Waals surface area contributed by atoms with E-state index in [-0.39, 0.29) is 0 Å². The monoisotopic (exact) mass is 221 g/mol. The molecule has 1 nitrogen and oxygen atoms in total. The van der Waals surface area contributed by atoms with Crippen molar-refractivity contribution in [1.29, 1.82) is 5.26 Å². The van der Waals surface area contributed by atoms with E-state index in [1.807, 2.05) is 18.2 Å². The maximum Gasteiger partial charge on any atom is 0.0669 e. The minimum atomic E-state index is 0.461. The van der Waals surface area contributed by atoms with Gasteiger partial charge in [-0.2, -0.15) is 5.26 Å². The van der Waals surface area contributed by atoms with Gasteiger partial charge in [-0.1, -0.05) is 53.6 Å². The summed E-state index contributed by atoms with van der Waals surface area (Å²) in [5.41, 5.74) is 5.98. The lowest BCUT2D eigenvalue weighted by atomic mass is 9.95. The van der Waals surface area contributed by atoms with Crippen LogP contribution in [0.3, 0.4) is 0 Å². The number of benzene rings is 2. The summed E-state index contributed by atoms with van der Waals surface area (Å²) in [6.45, 7) is 4.20. The third kappa shape index (κ3) is 2.54. The molecular formula is C16H15N. The van der Waals surface area contributed by atoms with Crippen LogP contribution in [0.5, 0.6) is 0 Å². The molecule has 17 heavy (non-hydrogen) atoms. The lowest BCUT2D eigenvalue weighted by molar-refractivity contribution is 1.26. The molecular weight excluding hydrogens is 206 g/mol. The van der Waals surface area contributed by atoms with Gasteiger partial charge in [-0.15, -0.1) is 0 Å². The van der Waals surface area contributed by atoms with Crippen LogP contribution in [0.4, 0.5) is 0 Å². The van der Waals surface area contributed by atoms with E-state index in [0.29, 0.717) is 6.42 Å². The number of nitrogens with zero attached hydrogens (tertiary/aromatic N) is 1. The molecule has 0 aromatic heterocycles. The zero-order chi connectivity index (χ0) is 12.3. The SMILES string of the molecule is Cc1cc(C)cc(-c2ccccc2CC#N)c1. The fourth-order valence-electron chi connectivity index (χ4n) is 2.17.